The molecule has 2 nitrogen and oxygen atoms in total. The molecule has 0 fully saturated rings. The van der Waals surface area contributed by atoms with E-state index in [1.165, 1.54) is 6.42 Å². The van der Waals surface area contributed by atoms with Gasteiger partial charge in [0.25, 0.3) is 0 Å². The molecule has 0 amide bonds. The van der Waals surface area contributed by atoms with Crippen molar-refractivity contribution in [1.29, 1.82) is 0 Å². The summed E-state index contributed by atoms with van der Waals surface area (Å²) >= 11 is 0. The largest absolute Gasteiger partial charge is 0.465 e. The minimum atomic E-state index is 0.367. The van der Waals surface area contributed by atoms with Gasteiger partial charge in [0, 0.05) is 0 Å². The lowest BCUT2D eigenvalue weighted by Gasteiger charge is -2.14. The van der Waals surface area contributed by atoms with Gasteiger partial charge in [-0.05, 0) is 44.9 Å². The van der Waals surface area contributed by atoms with Crippen LogP contribution in [0.25, 0.3) is 0 Å². The zero-order valence-corrected chi connectivity index (χ0v) is 9.63. The van der Waals surface area contributed by atoms with Gasteiger partial charge in [0.05, 0.1) is 6.04 Å². The lowest BCUT2D eigenvalue weighted by Crippen LogP contribution is -2.16. The summed E-state index contributed by atoms with van der Waals surface area (Å²) in [5, 5.41) is 3.29. The van der Waals surface area contributed by atoms with Crippen molar-refractivity contribution in [3.05, 3.63) is 23.7 Å². The Bertz CT molecular complexity index is 265. The van der Waals surface area contributed by atoms with Gasteiger partial charge in [-0.3, -0.25) is 0 Å². The Balaban J connectivity index is 2.54. The van der Waals surface area contributed by atoms with Crippen LogP contribution in [0.3, 0.4) is 0 Å². The second-order valence-corrected chi connectivity index (χ2v) is 4.26. The van der Waals surface area contributed by atoms with Gasteiger partial charge >= 0.3 is 0 Å². The lowest BCUT2D eigenvalue weighted by molar-refractivity contribution is 0.379. The van der Waals surface area contributed by atoms with E-state index in [2.05, 4.69) is 25.2 Å². The standard InChI is InChI=1S/C12H21NO/c1-9(2)5-7-11(13-4)12-8-6-10(3)14-12/h6,8-9,11,13H,5,7H2,1-4H3. The van der Waals surface area contributed by atoms with Crippen LogP contribution < -0.4 is 5.32 Å². The molecule has 0 aliphatic rings. The van der Waals surface area contributed by atoms with Crippen LogP contribution in [0, 0.1) is 12.8 Å². The van der Waals surface area contributed by atoms with E-state index in [9.17, 15) is 0 Å². The Hall–Kier alpha value is -0.760. The van der Waals surface area contributed by atoms with Crippen LogP contribution in [0.4, 0.5) is 0 Å². The molecule has 1 N–H and O–H groups in total. The first-order valence-corrected chi connectivity index (χ1v) is 5.37. The van der Waals surface area contributed by atoms with E-state index >= 15 is 0 Å². The maximum absolute atomic E-state index is 5.61. The third-order valence-corrected chi connectivity index (χ3v) is 2.49. The van der Waals surface area contributed by atoms with E-state index in [-0.39, 0.29) is 0 Å². The van der Waals surface area contributed by atoms with Crippen LogP contribution in [0.1, 0.15) is 44.3 Å². The van der Waals surface area contributed by atoms with Crippen molar-refractivity contribution in [3.63, 3.8) is 0 Å². The summed E-state index contributed by atoms with van der Waals surface area (Å²) in [5.74, 6) is 2.80. The third-order valence-electron chi connectivity index (χ3n) is 2.49. The Morgan fingerprint density at radius 3 is 2.43 bits per heavy atom. The van der Waals surface area contributed by atoms with Gasteiger partial charge in [-0.25, -0.2) is 0 Å². The highest BCUT2D eigenvalue weighted by atomic mass is 16.3. The smallest absolute Gasteiger partial charge is 0.121 e. The highest BCUT2D eigenvalue weighted by Crippen LogP contribution is 2.22. The highest BCUT2D eigenvalue weighted by Gasteiger charge is 2.12. The SMILES string of the molecule is CNC(CCC(C)C)c1ccc(C)o1. The molecule has 14 heavy (non-hydrogen) atoms. The van der Waals surface area contributed by atoms with Gasteiger partial charge in [0.15, 0.2) is 0 Å². The average molecular weight is 195 g/mol. The molecule has 0 saturated carbocycles. The first kappa shape index (κ1) is 11.3. The van der Waals surface area contributed by atoms with Crippen molar-refractivity contribution in [2.75, 3.05) is 7.05 Å². The fourth-order valence-corrected chi connectivity index (χ4v) is 1.57. The molecule has 0 aliphatic heterocycles. The number of rotatable bonds is 5. The second-order valence-electron chi connectivity index (χ2n) is 4.26. The van der Waals surface area contributed by atoms with E-state index in [1.807, 2.05) is 20.0 Å². The number of furan rings is 1. The number of hydrogen-bond donors (Lipinski definition) is 1. The third kappa shape index (κ3) is 3.18. The number of hydrogen-bond acceptors (Lipinski definition) is 2. The van der Waals surface area contributed by atoms with Crippen molar-refractivity contribution in [1.82, 2.24) is 5.32 Å². The predicted molar refractivity (Wildman–Crippen MR) is 59.3 cm³/mol. The number of nitrogens with one attached hydrogen (secondary N) is 1. The van der Waals surface area contributed by atoms with Gasteiger partial charge in [-0.15, -0.1) is 0 Å². The summed E-state index contributed by atoms with van der Waals surface area (Å²) in [6, 6.07) is 4.46. The molecule has 2 heteroatoms. The van der Waals surface area contributed by atoms with Crippen LogP contribution in [-0.2, 0) is 0 Å². The minimum Gasteiger partial charge on any atom is -0.465 e. The van der Waals surface area contributed by atoms with Crippen LogP contribution in [-0.4, -0.2) is 7.05 Å². The molecule has 0 saturated heterocycles. The Labute approximate surface area is 86.7 Å². The molecule has 0 spiro atoms. The average Bonchev–Trinajstić information content (AvgIpc) is 2.53. The lowest BCUT2D eigenvalue weighted by atomic mass is 10.0. The molecular formula is C12H21NO. The van der Waals surface area contributed by atoms with Crippen LogP contribution in [0.5, 0.6) is 0 Å². The summed E-state index contributed by atoms with van der Waals surface area (Å²) in [5.41, 5.74) is 0. The van der Waals surface area contributed by atoms with E-state index in [0.717, 1.165) is 23.9 Å². The van der Waals surface area contributed by atoms with E-state index in [0.29, 0.717) is 6.04 Å². The monoisotopic (exact) mass is 195 g/mol. The maximum atomic E-state index is 5.61. The molecule has 1 aromatic rings. The maximum Gasteiger partial charge on any atom is 0.121 e. The first-order valence-electron chi connectivity index (χ1n) is 5.37. The molecule has 1 heterocycles. The molecule has 1 rings (SSSR count). The summed E-state index contributed by atoms with van der Waals surface area (Å²) in [6.45, 7) is 6.48. The van der Waals surface area contributed by atoms with E-state index in [4.69, 9.17) is 4.42 Å². The van der Waals surface area contributed by atoms with Crippen LogP contribution in [0.15, 0.2) is 16.5 Å². The van der Waals surface area contributed by atoms with Crippen molar-refractivity contribution >= 4 is 0 Å². The number of aryl methyl sites for hydroxylation is 1. The molecule has 0 aliphatic carbocycles. The van der Waals surface area contributed by atoms with Crippen LogP contribution in [0.2, 0.25) is 0 Å². The summed E-state index contributed by atoms with van der Waals surface area (Å²) in [4.78, 5) is 0. The summed E-state index contributed by atoms with van der Waals surface area (Å²) in [6.07, 6.45) is 2.37. The van der Waals surface area contributed by atoms with Gasteiger partial charge in [-0.2, -0.15) is 0 Å². The normalized spacial score (nSPS) is 13.5. The van der Waals surface area contributed by atoms with Crippen molar-refractivity contribution < 1.29 is 4.42 Å². The quantitative estimate of drug-likeness (QED) is 0.780. The zero-order valence-electron chi connectivity index (χ0n) is 9.63. The molecule has 0 aromatic carbocycles. The first-order chi connectivity index (χ1) is 6.63. The molecule has 0 bridgehead atoms. The molecule has 1 aromatic heterocycles. The topological polar surface area (TPSA) is 25.2 Å². The highest BCUT2D eigenvalue weighted by molar-refractivity contribution is 5.09. The van der Waals surface area contributed by atoms with Gasteiger partial charge < -0.3 is 9.73 Å². The zero-order chi connectivity index (χ0) is 10.6. The fourth-order valence-electron chi connectivity index (χ4n) is 1.57. The molecule has 0 radical (unpaired) electrons. The van der Waals surface area contributed by atoms with Gasteiger partial charge in [0.2, 0.25) is 0 Å². The van der Waals surface area contributed by atoms with Crippen molar-refractivity contribution in [2.24, 2.45) is 5.92 Å². The minimum absolute atomic E-state index is 0.367. The molecule has 80 valence electrons. The predicted octanol–water partition coefficient (Wildman–Crippen LogP) is 3.28. The van der Waals surface area contributed by atoms with Crippen molar-refractivity contribution in [2.45, 2.75) is 39.7 Å². The fraction of sp³-hybridized carbons (Fsp3) is 0.667. The van der Waals surface area contributed by atoms with Gasteiger partial charge in [-0.1, -0.05) is 13.8 Å². The molecular weight excluding hydrogens is 174 g/mol. The Morgan fingerprint density at radius 2 is 2.00 bits per heavy atom. The summed E-state index contributed by atoms with van der Waals surface area (Å²) in [7, 11) is 1.99. The van der Waals surface area contributed by atoms with E-state index in [1.54, 1.807) is 0 Å². The van der Waals surface area contributed by atoms with Gasteiger partial charge in [0.1, 0.15) is 11.5 Å². The Morgan fingerprint density at radius 1 is 1.29 bits per heavy atom. The van der Waals surface area contributed by atoms with Crippen LogP contribution >= 0.6 is 0 Å². The van der Waals surface area contributed by atoms with Crippen molar-refractivity contribution in [3.8, 4) is 0 Å². The summed E-state index contributed by atoms with van der Waals surface area (Å²) < 4.78 is 5.61. The molecule has 1 atom stereocenters. The Kier molecular flexibility index (Phi) is 4.21. The second kappa shape index (κ2) is 5.20. The van der Waals surface area contributed by atoms with E-state index < -0.39 is 0 Å². The molecule has 1 unspecified atom stereocenters.